The Bertz CT molecular complexity index is 499. The van der Waals surface area contributed by atoms with Crippen LogP contribution in [0.4, 0.5) is 0 Å². The first-order valence-corrected chi connectivity index (χ1v) is 7.99. The lowest BCUT2D eigenvalue weighted by atomic mass is 10.1. The lowest BCUT2D eigenvalue weighted by Crippen LogP contribution is -2.49. The van der Waals surface area contributed by atoms with Crippen molar-refractivity contribution in [3.05, 3.63) is 29.8 Å². The molecular formula is C17H24N2O3. The number of morpholine rings is 1. The maximum Gasteiger partial charge on any atom is 0.234 e. The third-order valence-electron chi connectivity index (χ3n) is 4.10. The molecule has 2 aliphatic heterocycles. The van der Waals surface area contributed by atoms with Crippen LogP contribution in [0.1, 0.15) is 19.4 Å². The van der Waals surface area contributed by atoms with E-state index >= 15 is 0 Å². The zero-order chi connectivity index (χ0) is 15.5. The van der Waals surface area contributed by atoms with E-state index in [9.17, 15) is 4.79 Å². The second-order valence-corrected chi connectivity index (χ2v) is 6.31. The van der Waals surface area contributed by atoms with Gasteiger partial charge < -0.3 is 14.8 Å². The number of carbonyl (C=O) groups excluding carboxylic acids is 1. The number of nitrogens with one attached hydrogen (secondary N) is 1. The van der Waals surface area contributed by atoms with E-state index in [0.29, 0.717) is 13.1 Å². The van der Waals surface area contributed by atoms with E-state index in [1.807, 2.05) is 32.0 Å². The molecule has 2 heterocycles. The molecule has 22 heavy (non-hydrogen) atoms. The highest BCUT2D eigenvalue weighted by atomic mass is 16.5. The summed E-state index contributed by atoms with van der Waals surface area (Å²) in [6.07, 6.45) is 1.28. The molecule has 3 unspecified atom stereocenters. The molecule has 1 aromatic carbocycles. The lowest BCUT2D eigenvalue weighted by Gasteiger charge is -2.34. The van der Waals surface area contributed by atoms with Gasteiger partial charge >= 0.3 is 0 Å². The van der Waals surface area contributed by atoms with Crippen molar-refractivity contribution < 1.29 is 14.3 Å². The number of nitrogens with zero attached hydrogens (tertiary/aromatic N) is 1. The van der Waals surface area contributed by atoms with Gasteiger partial charge in [-0.2, -0.15) is 0 Å². The topological polar surface area (TPSA) is 50.8 Å². The Hall–Kier alpha value is -1.59. The van der Waals surface area contributed by atoms with E-state index in [4.69, 9.17) is 9.47 Å². The van der Waals surface area contributed by atoms with Crippen molar-refractivity contribution in [2.75, 3.05) is 26.2 Å². The van der Waals surface area contributed by atoms with Gasteiger partial charge in [-0.1, -0.05) is 18.2 Å². The Morgan fingerprint density at radius 3 is 2.73 bits per heavy atom. The van der Waals surface area contributed by atoms with E-state index in [1.54, 1.807) is 0 Å². The van der Waals surface area contributed by atoms with Crippen LogP contribution in [0.25, 0.3) is 0 Å². The number of ether oxygens (including phenoxy) is 2. The Balaban J connectivity index is 1.42. The minimum absolute atomic E-state index is 0.0453. The summed E-state index contributed by atoms with van der Waals surface area (Å²) in [5, 5.41) is 2.99. The summed E-state index contributed by atoms with van der Waals surface area (Å²) in [5.41, 5.74) is 1.22. The van der Waals surface area contributed by atoms with Gasteiger partial charge in [-0.05, 0) is 25.5 Å². The smallest absolute Gasteiger partial charge is 0.234 e. The van der Waals surface area contributed by atoms with Gasteiger partial charge in [-0.15, -0.1) is 0 Å². The molecule has 0 bridgehead atoms. The van der Waals surface area contributed by atoms with Gasteiger partial charge in [-0.25, -0.2) is 0 Å². The molecule has 3 rings (SSSR count). The minimum atomic E-state index is 0.0453. The average Bonchev–Trinajstić information content (AvgIpc) is 2.87. The van der Waals surface area contributed by atoms with Crippen LogP contribution in [-0.4, -0.2) is 55.3 Å². The maximum absolute atomic E-state index is 12.1. The Kier molecular flexibility index (Phi) is 4.64. The fourth-order valence-electron chi connectivity index (χ4n) is 3.27. The highest BCUT2D eigenvalue weighted by Gasteiger charge is 2.25. The molecule has 0 saturated carbocycles. The quantitative estimate of drug-likeness (QED) is 0.908. The van der Waals surface area contributed by atoms with Crippen LogP contribution >= 0.6 is 0 Å². The first-order chi connectivity index (χ1) is 10.6. The van der Waals surface area contributed by atoms with Crippen LogP contribution in [0.2, 0.25) is 0 Å². The van der Waals surface area contributed by atoms with Crippen molar-refractivity contribution in [2.45, 2.75) is 38.6 Å². The first-order valence-electron chi connectivity index (χ1n) is 7.99. The zero-order valence-electron chi connectivity index (χ0n) is 13.2. The van der Waals surface area contributed by atoms with Crippen molar-refractivity contribution in [1.82, 2.24) is 10.2 Å². The maximum atomic E-state index is 12.1. The fraction of sp³-hybridized carbons (Fsp3) is 0.588. The van der Waals surface area contributed by atoms with Gasteiger partial charge in [-0.3, -0.25) is 9.69 Å². The van der Waals surface area contributed by atoms with Gasteiger partial charge in [0.1, 0.15) is 11.9 Å². The molecule has 0 radical (unpaired) electrons. The minimum Gasteiger partial charge on any atom is -0.488 e. The largest absolute Gasteiger partial charge is 0.488 e. The molecule has 5 nitrogen and oxygen atoms in total. The van der Waals surface area contributed by atoms with E-state index in [0.717, 1.165) is 25.3 Å². The summed E-state index contributed by atoms with van der Waals surface area (Å²) in [6, 6.07) is 8.05. The van der Waals surface area contributed by atoms with Gasteiger partial charge in [0.05, 0.1) is 25.3 Å². The van der Waals surface area contributed by atoms with Crippen molar-refractivity contribution >= 4 is 5.91 Å². The van der Waals surface area contributed by atoms with Crippen LogP contribution in [0.3, 0.4) is 0 Å². The number of fused-ring (bicyclic) bond motifs is 1. The summed E-state index contributed by atoms with van der Waals surface area (Å²) in [5.74, 6) is 0.999. The molecule has 0 spiro atoms. The molecule has 3 atom stereocenters. The third-order valence-corrected chi connectivity index (χ3v) is 4.10. The molecule has 120 valence electrons. The van der Waals surface area contributed by atoms with Crippen LogP contribution in [0.15, 0.2) is 24.3 Å². The van der Waals surface area contributed by atoms with Crippen molar-refractivity contribution in [3.63, 3.8) is 0 Å². The van der Waals surface area contributed by atoms with Crippen LogP contribution in [0, 0.1) is 0 Å². The Morgan fingerprint density at radius 1 is 1.27 bits per heavy atom. The summed E-state index contributed by atoms with van der Waals surface area (Å²) < 4.78 is 11.5. The highest BCUT2D eigenvalue weighted by Crippen LogP contribution is 2.27. The predicted molar refractivity (Wildman–Crippen MR) is 84.0 cm³/mol. The monoisotopic (exact) mass is 304 g/mol. The van der Waals surface area contributed by atoms with Gasteiger partial charge in [0.25, 0.3) is 0 Å². The normalized spacial score (nSPS) is 28.0. The molecule has 1 aromatic rings. The molecule has 1 saturated heterocycles. The van der Waals surface area contributed by atoms with E-state index in [1.165, 1.54) is 5.56 Å². The van der Waals surface area contributed by atoms with Crippen LogP contribution in [-0.2, 0) is 16.0 Å². The zero-order valence-corrected chi connectivity index (χ0v) is 13.2. The van der Waals surface area contributed by atoms with E-state index in [2.05, 4.69) is 16.3 Å². The highest BCUT2D eigenvalue weighted by molar-refractivity contribution is 5.78. The number of carbonyl (C=O) groups is 1. The van der Waals surface area contributed by atoms with E-state index in [-0.39, 0.29) is 24.2 Å². The Labute approximate surface area is 131 Å². The molecule has 2 aliphatic rings. The first kappa shape index (κ1) is 15.3. The molecular weight excluding hydrogens is 280 g/mol. The summed E-state index contributed by atoms with van der Waals surface area (Å²) in [6.45, 7) is 6.70. The number of rotatable bonds is 4. The molecule has 0 aliphatic carbocycles. The third kappa shape index (κ3) is 3.78. The van der Waals surface area contributed by atoms with Gasteiger partial charge in [0.15, 0.2) is 0 Å². The van der Waals surface area contributed by atoms with Gasteiger partial charge in [0, 0.05) is 19.5 Å². The second kappa shape index (κ2) is 6.67. The molecule has 5 heteroatoms. The lowest BCUT2D eigenvalue weighted by molar-refractivity contribution is -0.126. The second-order valence-electron chi connectivity index (χ2n) is 6.31. The average molecular weight is 304 g/mol. The molecule has 0 aromatic heterocycles. The molecule has 1 N–H and O–H groups in total. The van der Waals surface area contributed by atoms with Crippen molar-refractivity contribution in [1.29, 1.82) is 0 Å². The number of hydrogen-bond donors (Lipinski definition) is 1. The molecule has 1 fully saturated rings. The SMILES string of the molecule is CC1CN(CC(=O)NCC2Cc3ccccc3O2)CC(C)O1. The van der Waals surface area contributed by atoms with Crippen molar-refractivity contribution in [2.24, 2.45) is 0 Å². The fourth-order valence-corrected chi connectivity index (χ4v) is 3.27. The standard InChI is InChI=1S/C17H24N2O3/c1-12-9-19(10-13(2)21-12)11-17(20)18-8-15-7-14-5-3-4-6-16(14)22-15/h3-6,12-13,15H,7-11H2,1-2H3,(H,18,20). The number of hydrogen-bond acceptors (Lipinski definition) is 4. The Morgan fingerprint density at radius 2 is 2.00 bits per heavy atom. The summed E-state index contributed by atoms with van der Waals surface area (Å²) in [4.78, 5) is 14.3. The predicted octanol–water partition coefficient (Wildman–Crippen LogP) is 1.22. The van der Waals surface area contributed by atoms with Crippen molar-refractivity contribution in [3.8, 4) is 5.75 Å². The number of para-hydroxylation sites is 1. The summed E-state index contributed by atoms with van der Waals surface area (Å²) in [7, 11) is 0. The number of amides is 1. The van der Waals surface area contributed by atoms with Crippen LogP contribution in [0.5, 0.6) is 5.75 Å². The van der Waals surface area contributed by atoms with E-state index < -0.39 is 0 Å². The summed E-state index contributed by atoms with van der Waals surface area (Å²) >= 11 is 0. The van der Waals surface area contributed by atoms with Crippen LogP contribution < -0.4 is 10.1 Å². The molecule has 1 amide bonds. The van der Waals surface area contributed by atoms with Gasteiger partial charge in [0.2, 0.25) is 5.91 Å². The number of benzene rings is 1.